The summed E-state index contributed by atoms with van der Waals surface area (Å²) in [5.41, 5.74) is 1.03. The summed E-state index contributed by atoms with van der Waals surface area (Å²) in [6.07, 6.45) is 1.76. The van der Waals surface area contributed by atoms with E-state index in [4.69, 9.17) is 0 Å². The lowest BCUT2D eigenvalue weighted by atomic mass is 10.4. The molecule has 0 radical (unpaired) electrons. The van der Waals surface area contributed by atoms with Crippen molar-refractivity contribution in [1.82, 2.24) is 9.97 Å². The molecule has 2 heteroatoms. The average molecular weight is 124 g/mol. The number of aryl methyl sites for hydroxylation is 2. The SMILES string of the molecule is C.Cc1ccnc(C)n1. The fourth-order valence-electron chi connectivity index (χ4n) is 0.574. The van der Waals surface area contributed by atoms with Crippen molar-refractivity contribution < 1.29 is 0 Å². The molecule has 50 valence electrons. The molecule has 0 atom stereocenters. The smallest absolute Gasteiger partial charge is 0.125 e. The van der Waals surface area contributed by atoms with Gasteiger partial charge in [0, 0.05) is 11.9 Å². The first-order valence-electron chi connectivity index (χ1n) is 2.55. The van der Waals surface area contributed by atoms with Crippen molar-refractivity contribution in [3.05, 3.63) is 23.8 Å². The molecule has 0 N–H and O–H groups in total. The first kappa shape index (κ1) is 8.08. The Hall–Kier alpha value is -0.920. The van der Waals surface area contributed by atoms with Crippen molar-refractivity contribution in [1.29, 1.82) is 0 Å². The molecule has 0 unspecified atom stereocenters. The molecule has 0 aliphatic carbocycles. The molecule has 0 saturated carbocycles. The second-order valence-electron chi connectivity index (χ2n) is 1.75. The van der Waals surface area contributed by atoms with Crippen LogP contribution in [0.25, 0.3) is 0 Å². The second kappa shape index (κ2) is 3.17. The van der Waals surface area contributed by atoms with Crippen molar-refractivity contribution in [2.24, 2.45) is 0 Å². The summed E-state index contributed by atoms with van der Waals surface area (Å²) in [6, 6.07) is 1.88. The van der Waals surface area contributed by atoms with Crippen LogP contribution in [0.15, 0.2) is 12.3 Å². The fourth-order valence-corrected chi connectivity index (χ4v) is 0.574. The minimum atomic E-state index is 0. The van der Waals surface area contributed by atoms with Crippen LogP contribution >= 0.6 is 0 Å². The third kappa shape index (κ3) is 2.22. The van der Waals surface area contributed by atoms with Gasteiger partial charge in [0.15, 0.2) is 0 Å². The maximum absolute atomic E-state index is 4.06. The van der Waals surface area contributed by atoms with E-state index in [9.17, 15) is 0 Å². The molecule has 0 bridgehead atoms. The lowest BCUT2D eigenvalue weighted by molar-refractivity contribution is 1.01. The normalized spacial score (nSPS) is 8.22. The van der Waals surface area contributed by atoms with Crippen LogP contribution in [0.2, 0.25) is 0 Å². The minimum absolute atomic E-state index is 0. The summed E-state index contributed by atoms with van der Waals surface area (Å²) >= 11 is 0. The largest absolute Gasteiger partial charge is 0.242 e. The van der Waals surface area contributed by atoms with Gasteiger partial charge < -0.3 is 0 Å². The van der Waals surface area contributed by atoms with E-state index in [1.54, 1.807) is 6.20 Å². The molecule has 0 amide bonds. The molecule has 2 nitrogen and oxygen atoms in total. The predicted molar refractivity (Wildman–Crippen MR) is 38.2 cm³/mol. The van der Waals surface area contributed by atoms with Crippen molar-refractivity contribution in [3.63, 3.8) is 0 Å². The fraction of sp³-hybridized carbons (Fsp3) is 0.429. The van der Waals surface area contributed by atoms with Crippen molar-refractivity contribution in [2.75, 3.05) is 0 Å². The Balaban J connectivity index is 0.000000640. The summed E-state index contributed by atoms with van der Waals surface area (Å²) < 4.78 is 0. The highest BCUT2D eigenvalue weighted by atomic mass is 14.9. The van der Waals surface area contributed by atoms with Crippen molar-refractivity contribution >= 4 is 0 Å². The molecule has 1 aromatic heterocycles. The van der Waals surface area contributed by atoms with E-state index in [0.717, 1.165) is 11.5 Å². The highest BCUT2D eigenvalue weighted by Crippen LogP contribution is 1.88. The number of hydrogen-bond donors (Lipinski definition) is 0. The van der Waals surface area contributed by atoms with Gasteiger partial charge in [0.05, 0.1) is 0 Å². The number of rotatable bonds is 0. The van der Waals surface area contributed by atoms with Crippen LogP contribution in [0.3, 0.4) is 0 Å². The summed E-state index contributed by atoms with van der Waals surface area (Å²) in [4.78, 5) is 7.99. The van der Waals surface area contributed by atoms with Crippen LogP contribution < -0.4 is 0 Å². The van der Waals surface area contributed by atoms with Gasteiger partial charge in [-0.3, -0.25) is 0 Å². The Kier molecular flexibility index (Phi) is 2.85. The van der Waals surface area contributed by atoms with Crippen LogP contribution in [0.4, 0.5) is 0 Å². The van der Waals surface area contributed by atoms with E-state index in [1.807, 2.05) is 19.9 Å². The third-order valence-corrected chi connectivity index (χ3v) is 0.915. The molecular weight excluding hydrogens is 112 g/mol. The van der Waals surface area contributed by atoms with Crippen LogP contribution in [0.5, 0.6) is 0 Å². The van der Waals surface area contributed by atoms with Crippen LogP contribution in [-0.2, 0) is 0 Å². The molecule has 0 aliphatic heterocycles. The van der Waals surface area contributed by atoms with Crippen LogP contribution in [0.1, 0.15) is 18.9 Å². The van der Waals surface area contributed by atoms with E-state index in [2.05, 4.69) is 9.97 Å². The zero-order valence-electron chi connectivity index (χ0n) is 5.05. The zero-order chi connectivity index (χ0) is 5.98. The van der Waals surface area contributed by atoms with Gasteiger partial charge in [-0.05, 0) is 19.9 Å². The highest BCUT2D eigenvalue weighted by Gasteiger charge is 1.83. The summed E-state index contributed by atoms with van der Waals surface area (Å²) in [5, 5.41) is 0. The highest BCUT2D eigenvalue weighted by molar-refractivity contribution is 4.97. The van der Waals surface area contributed by atoms with E-state index < -0.39 is 0 Å². The third-order valence-electron chi connectivity index (χ3n) is 0.915. The summed E-state index contributed by atoms with van der Waals surface area (Å²) in [6.45, 7) is 3.84. The van der Waals surface area contributed by atoms with E-state index in [0.29, 0.717) is 0 Å². The molecule has 0 fully saturated rings. The quantitative estimate of drug-likeness (QED) is 0.526. The van der Waals surface area contributed by atoms with Gasteiger partial charge in [-0.25, -0.2) is 9.97 Å². The predicted octanol–water partition coefficient (Wildman–Crippen LogP) is 1.73. The van der Waals surface area contributed by atoms with Crippen molar-refractivity contribution in [2.45, 2.75) is 21.3 Å². The zero-order valence-corrected chi connectivity index (χ0v) is 5.05. The minimum Gasteiger partial charge on any atom is -0.242 e. The average Bonchev–Trinajstić information content (AvgIpc) is 1.64. The van der Waals surface area contributed by atoms with Gasteiger partial charge in [-0.2, -0.15) is 0 Å². The molecule has 9 heavy (non-hydrogen) atoms. The Morgan fingerprint density at radius 2 is 2.00 bits per heavy atom. The molecule has 0 saturated heterocycles. The molecule has 0 aliphatic rings. The van der Waals surface area contributed by atoms with E-state index in [1.165, 1.54) is 0 Å². The first-order valence-corrected chi connectivity index (χ1v) is 2.55. The Morgan fingerprint density at radius 1 is 1.33 bits per heavy atom. The topological polar surface area (TPSA) is 25.8 Å². The number of hydrogen-bond acceptors (Lipinski definition) is 2. The second-order valence-corrected chi connectivity index (χ2v) is 1.75. The lowest BCUT2D eigenvalue weighted by Gasteiger charge is -1.89. The molecule has 1 aromatic rings. The van der Waals surface area contributed by atoms with Gasteiger partial charge in [-0.15, -0.1) is 0 Å². The summed E-state index contributed by atoms with van der Waals surface area (Å²) in [5.74, 6) is 0.838. The Labute approximate surface area is 56.0 Å². The molecule has 1 rings (SSSR count). The molecular formula is C7H12N2. The van der Waals surface area contributed by atoms with Crippen molar-refractivity contribution in [3.8, 4) is 0 Å². The Bertz CT molecular complexity index is 167. The number of aromatic nitrogens is 2. The maximum Gasteiger partial charge on any atom is 0.125 e. The molecule has 1 heterocycles. The van der Waals surface area contributed by atoms with Gasteiger partial charge in [0.1, 0.15) is 5.82 Å². The maximum atomic E-state index is 4.06. The standard InChI is InChI=1S/C6H8N2.CH4/c1-5-3-4-7-6(2)8-5;/h3-4H,1-2H3;1H4. The molecule has 0 spiro atoms. The lowest BCUT2D eigenvalue weighted by Crippen LogP contribution is -1.86. The number of nitrogens with zero attached hydrogens (tertiary/aromatic N) is 2. The van der Waals surface area contributed by atoms with Crippen LogP contribution in [0, 0.1) is 13.8 Å². The monoisotopic (exact) mass is 124 g/mol. The van der Waals surface area contributed by atoms with Gasteiger partial charge in [0.2, 0.25) is 0 Å². The molecule has 0 aromatic carbocycles. The van der Waals surface area contributed by atoms with Gasteiger partial charge in [-0.1, -0.05) is 7.43 Å². The van der Waals surface area contributed by atoms with E-state index in [-0.39, 0.29) is 7.43 Å². The van der Waals surface area contributed by atoms with Gasteiger partial charge >= 0.3 is 0 Å². The van der Waals surface area contributed by atoms with Crippen LogP contribution in [-0.4, -0.2) is 9.97 Å². The first-order chi connectivity index (χ1) is 3.79. The summed E-state index contributed by atoms with van der Waals surface area (Å²) in [7, 11) is 0. The Morgan fingerprint density at radius 3 is 2.33 bits per heavy atom. The van der Waals surface area contributed by atoms with E-state index >= 15 is 0 Å². The van der Waals surface area contributed by atoms with Gasteiger partial charge in [0.25, 0.3) is 0 Å².